The lowest BCUT2D eigenvalue weighted by atomic mass is 9.97. The number of aliphatic hydroxyl groups is 1. The Bertz CT molecular complexity index is 1790. The Labute approximate surface area is 289 Å². The smallest absolute Gasteiger partial charge is 0.407 e. The molecule has 4 aromatic rings. The van der Waals surface area contributed by atoms with E-state index in [1.54, 1.807) is 18.5 Å². The number of nitrogens with zero attached hydrogens (tertiary/aromatic N) is 6. The normalized spacial score (nSPS) is 20.2. The Balaban J connectivity index is 1.31. The minimum Gasteiger partial charge on any atom is -0.444 e. The van der Waals surface area contributed by atoms with Gasteiger partial charge in [-0.2, -0.15) is 5.10 Å². The number of hydrogen-bond acceptors (Lipinski definition) is 8. The number of nitrogens with one attached hydrogen (secondary N) is 1. The molecule has 2 N–H and O–H groups in total. The van der Waals surface area contributed by atoms with Crippen LogP contribution in [0.1, 0.15) is 60.3 Å². The van der Waals surface area contributed by atoms with Gasteiger partial charge in [-0.15, -0.1) is 0 Å². The molecule has 2 unspecified atom stereocenters. The predicted molar refractivity (Wildman–Crippen MR) is 193 cm³/mol. The Kier molecular flexibility index (Phi) is 9.33. The monoisotopic (exact) mass is 695 g/mol. The van der Waals surface area contributed by atoms with Crippen molar-refractivity contribution < 1.29 is 19.4 Å². The molecule has 5 heterocycles. The van der Waals surface area contributed by atoms with Gasteiger partial charge in [-0.1, -0.05) is 37.3 Å². The zero-order valence-electron chi connectivity index (χ0n) is 29.5. The summed E-state index contributed by atoms with van der Waals surface area (Å²) in [7, 11) is -1.26. The average molecular weight is 696 g/mol. The van der Waals surface area contributed by atoms with Crippen LogP contribution < -0.4 is 10.2 Å². The zero-order valence-corrected chi connectivity index (χ0v) is 31.3. The van der Waals surface area contributed by atoms with Crippen LogP contribution in [-0.4, -0.2) is 79.5 Å². The summed E-state index contributed by atoms with van der Waals surface area (Å²) in [6, 6.07) is 5.58. The molecule has 0 radical (unpaired) electrons. The molecule has 2 saturated heterocycles. The summed E-state index contributed by atoms with van der Waals surface area (Å²) >= 11 is 7.08. The molecule has 0 saturated carbocycles. The fourth-order valence-corrected chi connectivity index (χ4v) is 8.00. The molecule has 260 valence electrons. The highest BCUT2D eigenvalue weighted by Crippen LogP contribution is 2.41. The number of amides is 1. The minimum absolute atomic E-state index is 0.0605. The highest BCUT2D eigenvalue weighted by atomic mass is 35.5. The Morgan fingerprint density at radius 3 is 2.44 bits per heavy atom. The first-order valence-electron chi connectivity index (χ1n) is 17.0. The van der Waals surface area contributed by atoms with Crippen molar-refractivity contribution in [3.8, 4) is 11.1 Å². The van der Waals surface area contributed by atoms with Crippen molar-refractivity contribution in [1.82, 2.24) is 29.6 Å². The third-order valence-electron chi connectivity index (χ3n) is 9.01. The van der Waals surface area contributed by atoms with E-state index in [9.17, 15) is 9.90 Å². The van der Waals surface area contributed by atoms with Crippen molar-refractivity contribution in [2.75, 3.05) is 11.5 Å². The number of carbonyl (C=O) groups is 1. The van der Waals surface area contributed by atoms with E-state index >= 15 is 0 Å². The number of fused-ring (bicyclic) bond motifs is 4. The van der Waals surface area contributed by atoms with Gasteiger partial charge in [-0.3, -0.25) is 4.68 Å². The summed E-state index contributed by atoms with van der Waals surface area (Å²) in [5, 5.41) is 19.5. The number of aromatic nitrogens is 5. The van der Waals surface area contributed by atoms with E-state index in [-0.39, 0.29) is 24.2 Å². The summed E-state index contributed by atoms with van der Waals surface area (Å²) in [6.45, 7) is 17.6. The van der Waals surface area contributed by atoms with E-state index in [1.165, 1.54) is 0 Å². The second-order valence-electron chi connectivity index (χ2n) is 16.4. The van der Waals surface area contributed by atoms with Crippen molar-refractivity contribution in [1.29, 1.82) is 0 Å². The minimum atomic E-state index is -1.26. The van der Waals surface area contributed by atoms with Gasteiger partial charge in [-0.05, 0) is 72.4 Å². The molecule has 0 aliphatic carbocycles. The summed E-state index contributed by atoms with van der Waals surface area (Å²) in [5.74, 6) is 0.841. The van der Waals surface area contributed by atoms with E-state index in [4.69, 9.17) is 31.0 Å². The fraction of sp³-hybridized carbons (Fsp3) is 0.600. The van der Waals surface area contributed by atoms with Gasteiger partial charge in [0.05, 0.1) is 28.9 Å². The molecule has 3 aromatic heterocycles. The third-order valence-corrected chi connectivity index (χ3v) is 11.1. The van der Waals surface area contributed by atoms with Gasteiger partial charge in [0, 0.05) is 61.7 Å². The van der Waals surface area contributed by atoms with E-state index < -0.39 is 19.3 Å². The first-order valence-corrected chi connectivity index (χ1v) is 21.1. The standard InChI is InChI=1S/C35H50ClN7O4Si/c1-34(2,3)47-33(44)38-22-15-23-9-10-24(16-22)43(23)29-17-37-31-26(18-41(32(31)39-29)21-46-13-14-48(6,7)8)25-11-12-28-27(30(25)36)19-42(40-28)20-35(4,5)45/h11-12,17-19,22-24,45H,9-10,13-16,20-21H2,1-8H3,(H,38,44). The van der Waals surface area contributed by atoms with E-state index in [1.807, 2.05) is 56.1 Å². The lowest BCUT2D eigenvalue weighted by Gasteiger charge is -2.39. The third kappa shape index (κ3) is 7.82. The van der Waals surface area contributed by atoms with Crippen molar-refractivity contribution in [3.63, 3.8) is 0 Å². The van der Waals surface area contributed by atoms with Crippen LogP contribution in [0.15, 0.2) is 30.7 Å². The van der Waals surface area contributed by atoms with Gasteiger partial charge >= 0.3 is 6.09 Å². The largest absolute Gasteiger partial charge is 0.444 e. The molecule has 2 aliphatic heterocycles. The van der Waals surface area contributed by atoms with Crippen molar-refractivity contribution in [2.24, 2.45) is 0 Å². The molecule has 0 spiro atoms. The Morgan fingerprint density at radius 2 is 1.79 bits per heavy atom. The van der Waals surface area contributed by atoms with Crippen LogP contribution in [-0.2, 0) is 22.7 Å². The number of carbonyl (C=O) groups excluding carboxylic acids is 1. The fourth-order valence-electron chi connectivity index (χ4n) is 6.94. The predicted octanol–water partition coefficient (Wildman–Crippen LogP) is 7.21. The molecule has 2 fully saturated rings. The van der Waals surface area contributed by atoms with Crippen molar-refractivity contribution in [2.45, 2.75) is 129 Å². The number of rotatable bonds is 10. The number of halogens is 1. The maximum absolute atomic E-state index is 12.5. The molecular formula is C35H50ClN7O4Si. The van der Waals surface area contributed by atoms with Crippen LogP contribution in [0.2, 0.25) is 30.7 Å². The van der Waals surface area contributed by atoms with Crippen LogP contribution in [0.3, 0.4) is 0 Å². The summed E-state index contributed by atoms with van der Waals surface area (Å²) < 4.78 is 15.5. The van der Waals surface area contributed by atoms with E-state index in [0.717, 1.165) is 70.7 Å². The summed E-state index contributed by atoms with van der Waals surface area (Å²) in [4.78, 5) is 25.2. The molecule has 2 atom stereocenters. The van der Waals surface area contributed by atoms with Crippen LogP contribution >= 0.6 is 11.6 Å². The lowest BCUT2D eigenvalue weighted by molar-refractivity contribution is 0.0491. The number of alkyl carbamates (subject to hydrolysis) is 1. The topological polar surface area (TPSA) is 120 Å². The number of benzene rings is 1. The molecule has 6 rings (SSSR count). The second-order valence-corrected chi connectivity index (χ2v) is 22.4. The lowest BCUT2D eigenvalue weighted by Crippen LogP contribution is -2.51. The van der Waals surface area contributed by atoms with Gasteiger partial charge in [0.25, 0.3) is 0 Å². The van der Waals surface area contributed by atoms with Crippen molar-refractivity contribution >= 4 is 53.7 Å². The number of anilines is 1. The Morgan fingerprint density at radius 1 is 1.08 bits per heavy atom. The van der Waals surface area contributed by atoms with Crippen LogP contribution in [0.25, 0.3) is 33.2 Å². The molecule has 2 aliphatic rings. The number of ether oxygens (including phenoxy) is 2. The quantitative estimate of drug-likeness (QED) is 0.132. The second kappa shape index (κ2) is 12.9. The van der Waals surface area contributed by atoms with E-state index in [0.29, 0.717) is 24.9 Å². The Hall–Kier alpha value is -3.19. The molecule has 11 nitrogen and oxygen atoms in total. The van der Waals surface area contributed by atoms with Gasteiger partial charge in [0.2, 0.25) is 0 Å². The average Bonchev–Trinajstić information content (AvgIpc) is 3.60. The van der Waals surface area contributed by atoms with Gasteiger partial charge < -0.3 is 29.4 Å². The summed E-state index contributed by atoms with van der Waals surface area (Å²) in [5.41, 5.74) is 2.55. The molecule has 2 bridgehead atoms. The molecule has 1 amide bonds. The summed E-state index contributed by atoms with van der Waals surface area (Å²) in [6.07, 6.45) is 9.20. The van der Waals surface area contributed by atoms with E-state index in [2.05, 4.69) is 35.0 Å². The first kappa shape index (κ1) is 34.7. The first-order chi connectivity index (χ1) is 22.4. The molecular weight excluding hydrogens is 646 g/mol. The molecule has 1 aromatic carbocycles. The van der Waals surface area contributed by atoms with Gasteiger partial charge in [-0.25, -0.2) is 14.8 Å². The maximum atomic E-state index is 12.5. The molecule has 48 heavy (non-hydrogen) atoms. The van der Waals surface area contributed by atoms with Crippen LogP contribution in [0.5, 0.6) is 0 Å². The molecule has 13 heteroatoms. The maximum Gasteiger partial charge on any atom is 0.407 e. The highest BCUT2D eigenvalue weighted by Gasteiger charge is 2.42. The zero-order chi connectivity index (χ0) is 34.6. The SMILES string of the molecule is CC(C)(O)Cn1cc2c(Cl)c(-c3cn(COCC[Si](C)(C)C)c4nc(N5C6CCC5CC(NC(=O)OC(C)(C)C)C6)cnc34)ccc2n1. The van der Waals surface area contributed by atoms with Crippen LogP contribution in [0, 0.1) is 0 Å². The number of hydrogen-bond donors (Lipinski definition) is 2. The van der Waals surface area contributed by atoms with Crippen LogP contribution in [0.4, 0.5) is 10.6 Å². The van der Waals surface area contributed by atoms with Crippen molar-refractivity contribution in [3.05, 3.63) is 35.7 Å². The van der Waals surface area contributed by atoms with Gasteiger partial charge in [0.15, 0.2) is 5.65 Å². The highest BCUT2D eigenvalue weighted by molar-refractivity contribution is 6.76. The number of piperidine rings is 1. The van der Waals surface area contributed by atoms with Gasteiger partial charge in [0.1, 0.15) is 23.7 Å².